The number of rotatable bonds is 4. The summed E-state index contributed by atoms with van der Waals surface area (Å²) in [5.41, 5.74) is -0.303. The zero-order chi connectivity index (χ0) is 11.3. The molecule has 1 heterocycles. The summed E-state index contributed by atoms with van der Waals surface area (Å²) in [6.07, 6.45) is -0.180. The van der Waals surface area contributed by atoms with E-state index in [1.165, 1.54) is 6.20 Å². The average molecular weight is 218 g/mol. The Hall–Kier alpha value is -1.26. The number of hydrogen-bond acceptors (Lipinski definition) is 2. The van der Waals surface area contributed by atoms with Gasteiger partial charge >= 0.3 is 6.18 Å². The fraction of sp³-hybridized carbons (Fsp3) is 0.500. The first-order valence-electron chi connectivity index (χ1n) is 4.80. The molecule has 15 heavy (non-hydrogen) atoms. The number of halogens is 3. The second-order valence-corrected chi connectivity index (χ2v) is 3.24. The third kappa shape index (κ3) is 3.77. The van der Waals surface area contributed by atoms with Crippen LogP contribution in [-0.4, -0.2) is 11.5 Å². The minimum absolute atomic E-state index is 0.415. The summed E-state index contributed by atoms with van der Waals surface area (Å²) in [4.78, 5) is 3.55. The lowest BCUT2D eigenvalue weighted by atomic mass is 10.2. The molecule has 0 atom stereocenters. The molecule has 1 rings (SSSR count). The van der Waals surface area contributed by atoms with Crippen LogP contribution >= 0.6 is 0 Å². The van der Waals surface area contributed by atoms with Gasteiger partial charge in [-0.1, -0.05) is 13.3 Å². The lowest BCUT2D eigenvalue weighted by Crippen LogP contribution is -2.07. The van der Waals surface area contributed by atoms with Gasteiger partial charge < -0.3 is 5.32 Å². The highest BCUT2D eigenvalue weighted by Crippen LogP contribution is 2.29. The minimum Gasteiger partial charge on any atom is -0.384 e. The maximum absolute atomic E-state index is 12.3. The lowest BCUT2D eigenvalue weighted by Gasteiger charge is -2.09. The van der Waals surface area contributed by atoms with Crippen LogP contribution in [0.2, 0.25) is 0 Å². The van der Waals surface area contributed by atoms with Crippen molar-refractivity contribution in [3.63, 3.8) is 0 Å². The third-order valence-electron chi connectivity index (χ3n) is 1.93. The number of alkyl halides is 3. The molecule has 1 aromatic heterocycles. The third-order valence-corrected chi connectivity index (χ3v) is 1.93. The van der Waals surface area contributed by atoms with Crippen LogP contribution in [0.15, 0.2) is 18.5 Å². The topological polar surface area (TPSA) is 24.9 Å². The molecule has 1 N–H and O–H groups in total. The molecule has 0 fully saturated rings. The molecule has 0 aliphatic rings. The van der Waals surface area contributed by atoms with Crippen LogP contribution in [0.3, 0.4) is 0 Å². The van der Waals surface area contributed by atoms with Crippen molar-refractivity contribution >= 4 is 5.69 Å². The van der Waals surface area contributed by atoms with Gasteiger partial charge in [-0.25, -0.2) is 0 Å². The van der Waals surface area contributed by atoms with Crippen molar-refractivity contribution in [3.05, 3.63) is 24.0 Å². The molecule has 0 aromatic carbocycles. The van der Waals surface area contributed by atoms with Crippen LogP contribution in [0.1, 0.15) is 25.3 Å². The molecule has 1 aromatic rings. The SMILES string of the molecule is CCCCNc1cncc(C(F)(F)F)c1. The van der Waals surface area contributed by atoms with Crippen LogP contribution in [0.25, 0.3) is 0 Å². The van der Waals surface area contributed by atoms with Crippen molar-refractivity contribution in [1.82, 2.24) is 4.98 Å². The zero-order valence-electron chi connectivity index (χ0n) is 8.43. The highest BCUT2D eigenvalue weighted by molar-refractivity contribution is 5.43. The van der Waals surface area contributed by atoms with E-state index in [0.717, 1.165) is 25.1 Å². The Morgan fingerprint density at radius 1 is 1.33 bits per heavy atom. The van der Waals surface area contributed by atoms with Crippen molar-refractivity contribution in [2.75, 3.05) is 11.9 Å². The number of anilines is 1. The van der Waals surface area contributed by atoms with Gasteiger partial charge in [0.25, 0.3) is 0 Å². The Bertz CT molecular complexity index is 310. The van der Waals surface area contributed by atoms with Crippen LogP contribution in [0.4, 0.5) is 18.9 Å². The lowest BCUT2D eigenvalue weighted by molar-refractivity contribution is -0.137. The largest absolute Gasteiger partial charge is 0.417 e. The van der Waals surface area contributed by atoms with Gasteiger partial charge in [0.2, 0.25) is 0 Å². The Kier molecular flexibility index (Phi) is 3.94. The zero-order valence-corrected chi connectivity index (χ0v) is 8.43. The molecule has 0 aliphatic carbocycles. The van der Waals surface area contributed by atoms with E-state index in [1.807, 2.05) is 6.92 Å². The van der Waals surface area contributed by atoms with E-state index in [0.29, 0.717) is 12.2 Å². The van der Waals surface area contributed by atoms with Crippen molar-refractivity contribution in [1.29, 1.82) is 0 Å². The normalized spacial score (nSPS) is 11.5. The summed E-state index contributed by atoms with van der Waals surface area (Å²) in [7, 11) is 0. The molecule has 0 saturated carbocycles. The van der Waals surface area contributed by atoms with Crippen LogP contribution < -0.4 is 5.32 Å². The number of pyridine rings is 1. The van der Waals surface area contributed by atoms with Gasteiger partial charge in [-0.05, 0) is 12.5 Å². The van der Waals surface area contributed by atoms with Gasteiger partial charge in [-0.15, -0.1) is 0 Å². The number of hydrogen-bond donors (Lipinski definition) is 1. The minimum atomic E-state index is -4.32. The van der Waals surface area contributed by atoms with Crippen molar-refractivity contribution < 1.29 is 13.2 Å². The van der Waals surface area contributed by atoms with Gasteiger partial charge in [0.15, 0.2) is 0 Å². The summed E-state index contributed by atoms with van der Waals surface area (Å²) < 4.78 is 36.9. The average Bonchev–Trinajstić information content (AvgIpc) is 2.17. The second kappa shape index (κ2) is 5.00. The summed E-state index contributed by atoms with van der Waals surface area (Å²) in [6.45, 7) is 2.69. The van der Waals surface area contributed by atoms with E-state index in [4.69, 9.17) is 0 Å². The van der Waals surface area contributed by atoms with Crippen molar-refractivity contribution in [2.24, 2.45) is 0 Å². The first kappa shape index (κ1) is 11.8. The fourth-order valence-corrected chi connectivity index (χ4v) is 1.10. The van der Waals surface area contributed by atoms with E-state index < -0.39 is 11.7 Å². The molecule has 0 radical (unpaired) electrons. The molecule has 2 nitrogen and oxygen atoms in total. The Morgan fingerprint density at radius 3 is 2.67 bits per heavy atom. The highest BCUT2D eigenvalue weighted by Gasteiger charge is 2.30. The Morgan fingerprint density at radius 2 is 2.07 bits per heavy atom. The maximum Gasteiger partial charge on any atom is 0.417 e. The number of aromatic nitrogens is 1. The van der Waals surface area contributed by atoms with Gasteiger partial charge in [0.1, 0.15) is 0 Å². The molecule has 5 heteroatoms. The van der Waals surface area contributed by atoms with E-state index in [1.54, 1.807) is 0 Å². The van der Waals surface area contributed by atoms with E-state index in [2.05, 4.69) is 10.3 Å². The van der Waals surface area contributed by atoms with E-state index in [-0.39, 0.29) is 0 Å². The summed E-state index contributed by atoms with van der Waals surface area (Å²) in [5.74, 6) is 0. The van der Waals surface area contributed by atoms with Gasteiger partial charge in [0.05, 0.1) is 11.3 Å². The highest BCUT2D eigenvalue weighted by atomic mass is 19.4. The van der Waals surface area contributed by atoms with E-state index >= 15 is 0 Å². The first-order valence-corrected chi connectivity index (χ1v) is 4.80. The maximum atomic E-state index is 12.3. The quantitative estimate of drug-likeness (QED) is 0.784. The molecule has 0 saturated heterocycles. The van der Waals surface area contributed by atoms with E-state index in [9.17, 15) is 13.2 Å². The first-order chi connectivity index (χ1) is 7.04. The van der Waals surface area contributed by atoms with Crippen LogP contribution in [0, 0.1) is 0 Å². The smallest absolute Gasteiger partial charge is 0.384 e. The van der Waals surface area contributed by atoms with Gasteiger partial charge in [-0.3, -0.25) is 4.98 Å². The van der Waals surface area contributed by atoms with Crippen LogP contribution in [-0.2, 0) is 6.18 Å². The standard InChI is InChI=1S/C10H13F3N2/c1-2-3-4-15-9-5-8(6-14-7-9)10(11,12)13/h5-7,15H,2-4H2,1H3. The van der Waals surface area contributed by atoms with Gasteiger partial charge in [-0.2, -0.15) is 13.2 Å². The molecule has 0 spiro atoms. The predicted octanol–water partition coefficient (Wildman–Crippen LogP) is 3.31. The number of nitrogens with zero attached hydrogens (tertiary/aromatic N) is 1. The van der Waals surface area contributed by atoms with Crippen LogP contribution in [0.5, 0.6) is 0 Å². The molecule has 0 unspecified atom stereocenters. The molecule has 0 bridgehead atoms. The Labute approximate surface area is 86.5 Å². The van der Waals surface area contributed by atoms with Crippen molar-refractivity contribution in [3.8, 4) is 0 Å². The Balaban J connectivity index is 2.66. The molecule has 0 aliphatic heterocycles. The summed E-state index contributed by atoms with van der Waals surface area (Å²) in [6, 6.07) is 1.07. The summed E-state index contributed by atoms with van der Waals surface area (Å²) >= 11 is 0. The summed E-state index contributed by atoms with van der Waals surface area (Å²) in [5, 5.41) is 2.90. The molecular weight excluding hydrogens is 205 g/mol. The molecular formula is C10H13F3N2. The number of nitrogens with one attached hydrogen (secondary N) is 1. The molecule has 0 amide bonds. The predicted molar refractivity (Wildman–Crippen MR) is 52.6 cm³/mol. The van der Waals surface area contributed by atoms with Gasteiger partial charge in [0, 0.05) is 18.9 Å². The second-order valence-electron chi connectivity index (χ2n) is 3.24. The molecule has 84 valence electrons. The number of unbranched alkanes of at least 4 members (excludes halogenated alkanes) is 1. The fourth-order valence-electron chi connectivity index (χ4n) is 1.10. The monoisotopic (exact) mass is 218 g/mol. The van der Waals surface area contributed by atoms with Crippen molar-refractivity contribution in [2.45, 2.75) is 25.9 Å².